The van der Waals surface area contributed by atoms with Crippen LogP contribution < -0.4 is 0 Å². The standard InChI is InChI=1S/C14H17ClFNO3/c1-8(10-4-3-9(16)5-12(10)15)17(2)13-7-20-6-11(13)14(18)19/h3-5,8,11,13H,6-7H2,1-2H3,(H,18,19). The van der Waals surface area contributed by atoms with Crippen LogP contribution in [-0.2, 0) is 9.53 Å². The number of nitrogens with zero attached hydrogens (tertiary/aromatic N) is 1. The molecule has 1 aliphatic rings. The van der Waals surface area contributed by atoms with Crippen molar-refractivity contribution in [2.24, 2.45) is 5.92 Å². The molecule has 1 aromatic rings. The van der Waals surface area contributed by atoms with Gasteiger partial charge in [-0.3, -0.25) is 9.69 Å². The zero-order chi connectivity index (χ0) is 14.9. The minimum atomic E-state index is -0.864. The first-order valence-electron chi connectivity index (χ1n) is 6.39. The lowest BCUT2D eigenvalue weighted by Gasteiger charge is -2.32. The second-order valence-electron chi connectivity index (χ2n) is 5.06. The third-order valence-corrected chi connectivity index (χ3v) is 4.24. The zero-order valence-corrected chi connectivity index (χ0v) is 12.1. The Hall–Kier alpha value is -1.17. The van der Waals surface area contributed by atoms with Crippen molar-refractivity contribution in [2.45, 2.75) is 19.0 Å². The van der Waals surface area contributed by atoms with Crippen LogP contribution in [0.3, 0.4) is 0 Å². The van der Waals surface area contributed by atoms with Crippen LogP contribution in [0.4, 0.5) is 4.39 Å². The van der Waals surface area contributed by atoms with Crippen molar-refractivity contribution >= 4 is 17.6 Å². The number of aliphatic carboxylic acids is 1. The first-order valence-corrected chi connectivity index (χ1v) is 6.77. The molecule has 1 aliphatic heterocycles. The summed E-state index contributed by atoms with van der Waals surface area (Å²) in [5.41, 5.74) is 0.770. The summed E-state index contributed by atoms with van der Waals surface area (Å²) >= 11 is 6.06. The zero-order valence-electron chi connectivity index (χ0n) is 11.3. The number of likely N-dealkylation sites (N-methyl/N-ethyl adjacent to an activating group) is 1. The maximum absolute atomic E-state index is 13.1. The molecule has 2 rings (SSSR count). The summed E-state index contributed by atoms with van der Waals surface area (Å²) in [6.45, 7) is 2.50. The van der Waals surface area contributed by atoms with Gasteiger partial charge in [-0.05, 0) is 31.7 Å². The molecule has 1 N–H and O–H groups in total. The monoisotopic (exact) mass is 301 g/mol. The van der Waals surface area contributed by atoms with Gasteiger partial charge in [0.2, 0.25) is 0 Å². The van der Waals surface area contributed by atoms with Gasteiger partial charge >= 0.3 is 5.97 Å². The molecule has 1 saturated heterocycles. The Labute approximate surface area is 122 Å². The summed E-state index contributed by atoms with van der Waals surface area (Å²) in [6.07, 6.45) is 0. The molecule has 0 bridgehead atoms. The van der Waals surface area contributed by atoms with Gasteiger partial charge in [-0.2, -0.15) is 0 Å². The van der Waals surface area contributed by atoms with Gasteiger partial charge in [0.15, 0.2) is 0 Å². The number of carbonyl (C=O) groups is 1. The van der Waals surface area contributed by atoms with Crippen LogP contribution >= 0.6 is 11.6 Å². The van der Waals surface area contributed by atoms with Crippen molar-refractivity contribution in [1.82, 2.24) is 4.90 Å². The lowest BCUT2D eigenvalue weighted by molar-refractivity contribution is -0.143. The average Bonchev–Trinajstić information content (AvgIpc) is 2.86. The van der Waals surface area contributed by atoms with Crippen LogP contribution in [0.1, 0.15) is 18.5 Å². The minimum absolute atomic E-state index is 0.128. The summed E-state index contributed by atoms with van der Waals surface area (Å²) in [6, 6.07) is 3.90. The van der Waals surface area contributed by atoms with Crippen molar-refractivity contribution in [3.05, 3.63) is 34.6 Å². The van der Waals surface area contributed by atoms with Gasteiger partial charge in [0.25, 0.3) is 0 Å². The first kappa shape index (κ1) is 15.2. The minimum Gasteiger partial charge on any atom is -0.481 e. The average molecular weight is 302 g/mol. The molecule has 110 valence electrons. The second kappa shape index (κ2) is 6.08. The number of halogens is 2. The number of ether oxygens (including phenoxy) is 1. The van der Waals surface area contributed by atoms with Crippen molar-refractivity contribution < 1.29 is 19.0 Å². The van der Waals surface area contributed by atoms with Crippen molar-refractivity contribution in [3.8, 4) is 0 Å². The molecule has 0 spiro atoms. The molecule has 0 radical (unpaired) electrons. The summed E-state index contributed by atoms with van der Waals surface area (Å²) in [5.74, 6) is -1.81. The number of hydrogen-bond donors (Lipinski definition) is 1. The normalized spacial score (nSPS) is 24.1. The van der Waals surface area contributed by atoms with Crippen molar-refractivity contribution in [1.29, 1.82) is 0 Å². The van der Waals surface area contributed by atoms with E-state index in [4.69, 9.17) is 16.3 Å². The van der Waals surface area contributed by atoms with Crippen LogP contribution in [-0.4, -0.2) is 42.3 Å². The molecule has 3 unspecified atom stereocenters. The van der Waals surface area contributed by atoms with E-state index in [0.29, 0.717) is 11.6 Å². The quantitative estimate of drug-likeness (QED) is 0.928. The number of rotatable bonds is 4. The largest absolute Gasteiger partial charge is 0.481 e. The predicted octanol–water partition coefficient (Wildman–Crippen LogP) is 2.57. The molecule has 1 aromatic carbocycles. The maximum Gasteiger partial charge on any atom is 0.310 e. The highest BCUT2D eigenvalue weighted by molar-refractivity contribution is 6.31. The number of hydrogen-bond acceptors (Lipinski definition) is 3. The molecule has 6 heteroatoms. The van der Waals surface area contributed by atoms with E-state index in [1.54, 1.807) is 6.07 Å². The summed E-state index contributed by atoms with van der Waals surface area (Å²) in [4.78, 5) is 13.1. The number of benzene rings is 1. The van der Waals surface area contributed by atoms with Gasteiger partial charge in [-0.15, -0.1) is 0 Å². The topological polar surface area (TPSA) is 49.8 Å². The van der Waals surface area contributed by atoms with Gasteiger partial charge < -0.3 is 9.84 Å². The van der Waals surface area contributed by atoms with E-state index in [1.165, 1.54) is 12.1 Å². The lowest BCUT2D eigenvalue weighted by atomic mass is 9.99. The van der Waals surface area contributed by atoms with Gasteiger partial charge in [0.05, 0.1) is 19.1 Å². The molecule has 0 aromatic heterocycles. The van der Waals surface area contributed by atoms with Crippen LogP contribution in [0.25, 0.3) is 0 Å². The fraction of sp³-hybridized carbons (Fsp3) is 0.500. The Morgan fingerprint density at radius 1 is 1.55 bits per heavy atom. The third kappa shape index (κ3) is 2.95. The first-order chi connectivity index (χ1) is 9.41. The molecule has 0 amide bonds. The van der Waals surface area contributed by atoms with Gasteiger partial charge in [-0.25, -0.2) is 4.39 Å². The van der Waals surface area contributed by atoms with Crippen LogP contribution in [0.2, 0.25) is 5.02 Å². The third-order valence-electron chi connectivity index (χ3n) is 3.91. The Kier molecular flexibility index (Phi) is 4.62. The summed E-state index contributed by atoms with van der Waals surface area (Å²) in [7, 11) is 1.83. The smallest absolute Gasteiger partial charge is 0.310 e. The van der Waals surface area contributed by atoms with E-state index in [0.717, 1.165) is 5.56 Å². The highest BCUT2D eigenvalue weighted by Gasteiger charge is 2.38. The molecule has 4 nitrogen and oxygen atoms in total. The van der Waals surface area contributed by atoms with Crippen molar-refractivity contribution in [2.75, 3.05) is 20.3 Å². The molecular weight excluding hydrogens is 285 g/mol. The van der Waals surface area contributed by atoms with E-state index in [2.05, 4.69) is 0 Å². The molecule has 20 heavy (non-hydrogen) atoms. The Bertz CT molecular complexity index is 511. The van der Waals surface area contributed by atoms with E-state index in [9.17, 15) is 14.3 Å². The van der Waals surface area contributed by atoms with Gasteiger partial charge in [0.1, 0.15) is 5.82 Å². The van der Waals surface area contributed by atoms with E-state index in [-0.39, 0.29) is 24.5 Å². The Morgan fingerprint density at radius 3 is 2.85 bits per heavy atom. The molecular formula is C14H17ClFNO3. The van der Waals surface area contributed by atoms with E-state index < -0.39 is 11.9 Å². The van der Waals surface area contributed by atoms with Crippen LogP contribution in [0.15, 0.2) is 18.2 Å². The Morgan fingerprint density at radius 2 is 2.25 bits per heavy atom. The lowest BCUT2D eigenvalue weighted by Crippen LogP contribution is -2.42. The van der Waals surface area contributed by atoms with Gasteiger partial charge in [-0.1, -0.05) is 17.7 Å². The van der Waals surface area contributed by atoms with Crippen molar-refractivity contribution in [3.63, 3.8) is 0 Å². The fourth-order valence-electron chi connectivity index (χ4n) is 2.53. The van der Waals surface area contributed by atoms with Gasteiger partial charge in [0, 0.05) is 17.1 Å². The predicted molar refractivity (Wildman–Crippen MR) is 73.3 cm³/mol. The van der Waals surface area contributed by atoms with E-state index in [1.807, 2.05) is 18.9 Å². The van der Waals surface area contributed by atoms with Crippen LogP contribution in [0.5, 0.6) is 0 Å². The molecule has 0 aliphatic carbocycles. The molecule has 1 heterocycles. The fourth-order valence-corrected chi connectivity index (χ4v) is 2.85. The highest BCUT2D eigenvalue weighted by atomic mass is 35.5. The second-order valence-corrected chi connectivity index (χ2v) is 5.46. The molecule has 0 saturated carbocycles. The highest BCUT2D eigenvalue weighted by Crippen LogP contribution is 2.31. The summed E-state index contributed by atoms with van der Waals surface area (Å²) < 4.78 is 18.4. The summed E-state index contributed by atoms with van der Waals surface area (Å²) in [5, 5.41) is 9.54. The SMILES string of the molecule is CC(c1ccc(F)cc1Cl)N(C)C1COCC1C(=O)O. The number of carboxylic acids is 1. The number of carboxylic acid groups (broad SMARTS) is 1. The van der Waals surface area contributed by atoms with Crippen LogP contribution in [0, 0.1) is 11.7 Å². The maximum atomic E-state index is 13.1. The molecule has 3 atom stereocenters. The van der Waals surface area contributed by atoms with E-state index >= 15 is 0 Å². The Balaban J connectivity index is 2.19. The molecule has 1 fully saturated rings.